The van der Waals surface area contributed by atoms with Gasteiger partial charge in [-0.3, -0.25) is 14.8 Å². The summed E-state index contributed by atoms with van der Waals surface area (Å²) in [7, 11) is 0. The number of carbonyl (C=O) groups is 1. The van der Waals surface area contributed by atoms with Crippen LogP contribution in [-0.4, -0.2) is 45.5 Å². The molecular weight excluding hydrogens is 330 g/mol. The first-order valence-corrected chi connectivity index (χ1v) is 8.48. The fourth-order valence-electron chi connectivity index (χ4n) is 2.48. The van der Waals surface area contributed by atoms with Gasteiger partial charge in [0.15, 0.2) is 0 Å². The fourth-order valence-corrected chi connectivity index (χ4v) is 2.48. The second-order valence-electron chi connectivity index (χ2n) is 5.69. The first-order chi connectivity index (χ1) is 12.7. The largest absolute Gasteiger partial charge is 0.370 e. The zero-order valence-electron chi connectivity index (χ0n) is 14.8. The van der Waals surface area contributed by atoms with Gasteiger partial charge in [0.2, 0.25) is 5.95 Å². The highest BCUT2D eigenvalue weighted by atomic mass is 16.1. The topological polar surface area (TPSA) is 105 Å². The first-order valence-electron chi connectivity index (χ1n) is 8.48. The smallest absolute Gasteiger partial charge is 0.251 e. The molecule has 26 heavy (non-hydrogen) atoms. The summed E-state index contributed by atoms with van der Waals surface area (Å²) in [6.45, 7) is 5.69. The monoisotopic (exact) mass is 351 g/mol. The number of nitrogens with zero attached hydrogens (tertiary/aromatic N) is 4. The van der Waals surface area contributed by atoms with Gasteiger partial charge in [0.25, 0.3) is 5.91 Å². The number of aromatic nitrogens is 4. The van der Waals surface area contributed by atoms with Crippen molar-refractivity contribution in [2.75, 3.05) is 30.3 Å². The standard InChI is InChI=1S/C18H21N7O/c1-3-19-16-10-12(2)24-18(25-16)23-9-8-22-17(26)13-4-5-14-15(11-13)21-7-6-20-14/h4-7,10-11H,3,8-9H2,1-2H3,(H,22,26)(H2,19,23,24,25). The molecule has 3 N–H and O–H groups in total. The molecule has 1 aromatic carbocycles. The van der Waals surface area contributed by atoms with E-state index in [-0.39, 0.29) is 5.91 Å². The average molecular weight is 351 g/mol. The molecule has 8 heteroatoms. The predicted molar refractivity (Wildman–Crippen MR) is 101 cm³/mol. The lowest BCUT2D eigenvalue weighted by Crippen LogP contribution is -2.29. The summed E-state index contributed by atoms with van der Waals surface area (Å²) in [5.74, 6) is 1.16. The Labute approximate surface area is 151 Å². The Morgan fingerprint density at radius 3 is 2.62 bits per heavy atom. The van der Waals surface area contributed by atoms with Crippen LogP contribution in [-0.2, 0) is 0 Å². The molecule has 0 fully saturated rings. The summed E-state index contributed by atoms with van der Waals surface area (Å²) in [6, 6.07) is 7.15. The molecule has 0 aliphatic heterocycles. The summed E-state index contributed by atoms with van der Waals surface area (Å²) in [4.78, 5) is 29.4. The Morgan fingerprint density at radius 2 is 1.81 bits per heavy atom. The van der Waals surface area contributed by atoms with Gasteiger partial charge >= 0.3 is 0 Å². The molecule has 3 rings (SSSR count). The minimum Gasteiger partial charge on any atom is -0.370 e. The van der Waals surface area contributed by atoms with E-state index in [9.17, 15) is 4.79 Å². The number of anilines is 2. The van der Waals surface area contributed by atoms with Crippen LogP contribution in [0.3, 0.4) is 0 Å². The van der Waals surface area contributed by atoms with Crippen molar-refractivity contribution in [1.29, 1.82) is 0 Å². The third kappa shape index (κ3) is 4.41. The van der Waals surface area contributed by atoms with E-state index in [0.29, 0.717) is 30.1 Å². The maximum atomic E-state index is 12.3. The molecule has 1 amide bonds. The van der Waals surface area contributed by atoms with Gasteiger partial charge in [-0.2, -0.15) is 4.98 Å². The second-order valence-corrected chi connectivity index (χ2v) is 5.69. The molecule has 0 radical (unpaired) electrons. The highest BCUT2D eigenvalue weighted by Gasteiger charge is 2.07. The zero-order chi connectivity index (χ0) is 18.4. The number of hydrogen-bond donors (Lipinski definition) is 3. The molecule has 0 unspecified atom stereocenters. The van der Waals surface area contributed by atoms with E-state index in [1.807, 2.05) is 19.9 Å². The molecule has 3 aromatic rings. The van der Waals surface area contributed by atoms with Gasteiger partial charge in [-0.1, -0.05) is 0 Å². The van der Waals surface area contributed by atoms with Crippen molar-refractivity contribution in [3.05, 3.63) is 47.9 Å². The highest BCUT2D eigenvalue weighted by Crippen LogP contribution is 2.11. The third-order valence-corrected chi connectivity index (χ3v) is 3.64. The van der Waals surface area contributed by atoms with E-state index < -0.39 is 0 Å². The van der Waals surface area contributed by atoms with Gasteiger partial charge in [-0.15, -0.1) is 0 Å². The average Bonchev–Trinajstić information content (AvgIpc) is 2.64. The molecule has 2 heterocycles. The molecule has 0 atom stereocenters. The van der Waals surface area contributed by atoms with Crippen molar-refractivity contribution < 1.29 is 4.79 Å². The molecule has 0 bridgehead atoms. The maximum Gasteiger partial charge on any atom is 0.251 e. The van der Waals surface area contributed by atoms with E-state index >= 15 is 0 Å². The van der Waals surface area contributed by atoms with Crippen molar-refractivity contribution >= 4 is 28.7 Å². The predicted octanol–water partition coefficient (Wildman–Crippen LogP) is 2.00. The minimum absolute atomic E-state index is 0.155. The van der Waals surface area contributed by atoms with E-state index in [2.05, 4.69) is 35.9 Å². The Kier molecular flexibility index (Phi) is 5.52. The molecule has 0 aliphatic carbocycles. The van der Waals surface area contributed by atoms with Crippen LogP contribution in [0.15, 0.2) is 36.7 Å². The van der Waals surface area contributed by atoms with Crippen LogP contribution < -0.4 is 16.0 Å². The van der Waals surface area contributed by atoms with Crippen LogP contribution in [0.4, 0.5) is 11.8 Å². The molecule has 2 aromatic heterocycles. The number of hydrogen-bond acceptors (Lipinski definition) is 7. The second kappa shape index (κ2) is 8.19. The fraction of sp³-hybridized carbons (Fsp3) is 0.278. The van der Waals surface area contributed by atoms with Crippen LogP contribution in [0.5, 0.6) is 0 Å². The molecule has 0 saturated heterocycles. The number of nitrogens with one attached hydrogen (secondary N) is 3. The quantitative estimate of drug-likeness (QED) is 0.559. The van der Waals surface area contributed by atoms with Gasteiger partial charge in [-0.25, -0.2) is 4.98 Å². The Bertz CT molecular complexity index is 913. The maximum absolute atomic E-state index is 12.3. The Balaban J connectivity index is 1.53. The number of fused-ring (bicyclic) bond motifs is 1. The molecule has 134 valence electrons. The number of amides is 1. The summed E-state index contributed by atoms with van der Waals surface area (Å²) in [6.07, 6.45) is 3.24. The van der Waals surface area contributed by atoms with E-state index in [1.54, 1.807) is 30.6 Å². The van der Waals surface area contributed by atoms with Gasteiger partial charge < -0.3 is 16.0 Å². The van der Waals surface area contributed by atoms with Crippen molar-refractivity contribution in [3.63, 3.8) is 0 Å². The summed E-state index contributed by atoms with van der Waals surface area (Å²) in [5, 5.41) is 9.15. The number of rotatable bonds is 7. The normalized spacial score (nSPS) is 10.5. The lowest BCUT2D eigenvalue weighted by molar-refractivity contribution is 0.0955. The van der Waals surface area contributed by atoms with Gasteiger partial charge in [0, 0.05) is 49.4 Å². The van der Waals surface area contributed by atoms with Crippen molar-refractivity contribution in [2.24, 2.45) is 0 Å². The first kappa shape index (κ1) is 17.5. The number of benzene rings is 1. The van der Waals surface area contributed by atoms with Crippen molar-refractivity contribution in [2.45, 2.75) is 13.8 Å². The van der Waals surface area contributed by atoms with Crippen LogP contribution in [0.2, 0.25) is 0 Å². The number of aryl methyl sites for hydroxylation is 1. The van der Waals surface area contributed by atoms with Crippen LogP contribution >= 0.6 is 0 Å². The lowest BCUT2D eigenvalue weighted by atomic mass is 10.2. The summed E-state index contributed by atoms with van der Waals surface area (Å²) in [5.41, 5.74) is 2.89. The van der Waals surface area contributed by atoms with Crippen molar-refractivity contribution in [1.82, 2.24) is 25.3 Å². The minimum atomic E-state index is -0.155. The SMILES string of the molecule is CCNc1cc(C)nc(NCCNC(=O)c2ccc3nccnc3c2)n1. The van der Waals surface area contributed by atoms with Gasteiger partial charge in [0.1, 0.15) is 5.82 Å². The molecule has 0 aliphatic rings. The highest BCUT2D eigenvalue weighted by molar-refractivity contribution is 5.97. The van der Waals surface area contributed by atoms with Crippen LogP contribution in [0, 0.1) is 6.92 Å². The van der Waals surface area contributed by atoms with E-state index in [0.717, 1.165) is 23.6 Å². The van der Waals surface area contributed by atoms with E-state index in [1.165, 1.54) is 0 Å². The summed E-state index contributed by atoms with van der Waals surface area (Å²) >= 11 is 0. The summed E-state index contributed by atoms with van der Waals surface area (Å²) < 4.78 is 0. The Morgan fingerprint density at radius 1 is 1.00 bits per heavy atom. The van der Waals surface area contributed by atoms with Crippen LogP contribution in [0.25, 0.3) is 11.0 Å². The van der Waals surface area contributed by atoms with Gasteiger partial charge in [0.05, 0.1) is 11.0 Å². The lowest BCUT2D eigenvalue weighted by Gasteiger charge is -2.10. The Hall–Kier alpha value is -3.29. The molecule has 8 nitrogen and oxygen atoms in total. The third-order valence-electron chi connectivity index (χ3n) is 3.64. The number of carbonyl (C=O) groups excluding carboxylic acids is 1. The molecule has 0 spiro atoms. The van der Waals surface area contributed by atoms with E-state index in [4.69, 9.17) is 0 Å². The molecular formula is C18H21N7O. The van der Waals surface area contributed by atoms with Gasteiger partial charge in [-0.05, 0) is 32.0 Å². The van der Waals surface area contributed by atoms with Crippen molar-refractivity contribution in [3.8, 4) is 0 Å². The zero-order valence-corrected chi connectivity index (χ0v) is 14.8. The van der Waals surface area contributed by atoms with Crippen LogP contribution in [0.1, 0.15) is 23.0 Å². The molecule has 0 saturated carbocycles.